The van der Waals surface area contributed by atoms with Crippen LogP contribution < -0.4 is 10.1 Å². The molecule has 2 atom stereocenters. The first-order valence-corrected chi connectivity index (χ1v) is 6.69. The molecule has 100 valence electrons. The Labute approximate surface area is 113 Å². The third-order valence-electron chi connectivity index (χ3n) is 3.69. The summed E-state index contributed by atoms with van der Waals surface area (Å²) in [4.78, 5) is 0. The summed E-state index contributed by atoms with van der Waals surface area (Å²) in [5, 5.41) is 14.6. The first-order chi connectivity index (χ1) is 8.56. The molecular weight excluding hydrogens is 250 g/mol. The minimum Gasteiger partial charge on any atom is -0.496 e. The summed E-state index contributed by atoms with van der Waals surface area (Å²) in [5.41, 5.74) is 2.70. The van der Waals surface area contributed by atoms with Crippen LogP contribution in [0.2, 0.25) is 5.02 Å². The third kappa shape index (κ3) is 2.35. The summed E-state index contributed by atoms with van der Waals surface area (Å²) in [7, 11) is 1.63. The summed E-state index contributed by atoms with van der Waals surface area (Å²) >= 11 is 6.28. The topological polar surface area (TPSA) is 41.5 Å². The van der Waals surface area contributed by atoms with Gasteiger partial charge in [0.2, 0.25) is 0 Å². The molecule has 1 aromatic rings. The van der Waals surface area contributed by atoms with Crippen molar-refractivity contribution in [3.05, 3.63) is 27.8 Å². The maximum Gasteiger partial charge on any atom is 0.125 e. The number of ether oxygens (including phenoxy) is 1. The first-order valence-electron chi connectivity index (χ1n) is 6.31. The van der Waals surface area contributed by atoms with E-state index in [1.54, 1.807) is 7.11 Å². The van der Waals surface area contributed by atoms with Gasteiger partial charge in [0.15, 0.2) is 0 Å². The average molecular weight is 270 g/mol. The number of rotatable bonds is 3. The fourth-order valence-electron chi connectivity index (χ4n) is 2.66. The van der Waals surface area contributed by atoms with Crippen LogP contribution in [0.15, 0.2) is 6.07 Å². The number of nitrogens with one attached hydrogen (secondary N) is 1. The fraction of sp³-hybridized carbons (Fsp3) is 0.571. The molecule has 0 spiro atoms. The number of halogens is 1. The predicted molar refractivity (Wildman–Crippen MR) is 73.5 cm³/mol. The lowest BCUT2D eigenvalue weighted by Gasteiger charge is -2.24. The zero-order valence-corrected chi connectivity index (χ0v) is 11.8. The minimum atomic E-state index is -0.569. The fourth-order valence-corrected chi connectivity index (χ4v) is 2.81. The number of aliphatic hydroxyl groups is 1. The quantitative estimate of drug-likeness (QED) is 0.887. The van der Waals surface area contributed by atoms with Crippen molar-refractivity contribution in [2.75, 3.05) is 13.7 Å². The van der Waals surface area contributed by atoms with Crippen LogP contribution in [0.3, 0.4) is 0 Å². The van der Waals surface area contributed by atoms with Gasteiger partial charge in [0.05, 0.1) is 13.2 Å². The third-order valence-corrected chi connectivity index (χ3v) is 4.27. The van der Waals surface area contributed by atoms with E-state index in [0.29, 0.717) is 5.02 Å². The van der Waals surface area contributed by atoms with Gasteiger partial charge in [-0.1, -0.05) is 11.6 Å². The molecule has 4 heteroatoms. The average Bonchev–Trinajstić information content (AvgIpc) is 2.88. The molecule has 2 unspecified atom stereocenters. The van der Waals surface area contributed by atoms with Crippen LogP contribution in [0.4, 0.5) is 0 Å². The van der Waals surface area contributed by atoms with E-state index in [9.17, 15) is 5.11 Å². The highest BCUT2D eigenvalue weighted by molar-refractivity contribution is 6.32. The van der Waals surface area contributed by atoms with Crippen LogP contribution in [0, 0.1) is 13.8 Å². The van der Waals surface area contributed by atoms with Gasteiger partial charge >= 0.3 is 0 Å². The molecule has 1 aliphatic heterocycles. The molecule has 1 aromatic carbocycles. The van der Waals surface area contributed by atoms with E-state index in [0.717, 1.165) is 41.8 Å². The molecule has 2 rings (SSSR count). The van der Waals surface area contributed by atoms with Gasteiger partial charge in [-0.2, -0.15) is 0 Å². The standard InChI is InChI=1S/C14H20ClNO2/c1-8-7-11(18-3)12(9(2)13(8)15)14(17)10-5-4-6-16-10/h7,10,14,16-17H,4-6H2,1-3H3. The van der Waals surface area contributed by atoms with E-state index in [1.165, 1.54) is 0 Å². The zero-order valence-electron chi connectivity index (χ0n) is 11.1. The number of aryl methyl sites for hydroxylation is 1. The minimum absolute atomic E-state index is 0.0939. The van der Waals surface area contributed by atoms with E-state index >= 15 is 0 Å². The first kappa shape index (κ1) is 13.7. The van der Waals surface area contributed by atoms with Crippen molar-refractivity contribution in [3.8, 4) is 5.75 Å². The van der Waals surface area contributed by atoms with Crippen molar-refractivity contribution in [2.45, 2.75) is 38.8 Å². The Morgan fingerprint density at radius 3 is 2.78 bits per heavy atom. The van der Waals surface area contributed by atoms with Crippen molar-refractivity contribution in [1.29, 1.82) is 0 Å². The van der Waals surface area contributed by atoms with Crippen molar-refractivity contribution in [1.82, 2.24) is 5.32 Å². The van der Waals surface area contributed by atoms with Gasteiger partial charge < -0.3 is 15.2 Å². The number of benzene rings is 1. The molecule has 1 fully saturated rings. The van der Waals surface area contributed by atoms with E-state index < -0.39 is 6.10 Å². The van der Waals surface area contributed by atoms with Crippen LogP contribution in [0.5, 0.6) is 5.75 Å². The highest BCUT2D eigenvalue weighted by Gasteiger charge is 2.28. The predicted octanol–water partition coefficient (Wildman–Crippen LogP) is 2.75. The summed E-state index contributed by atoms with van der Waals surface area (Å²) in [6, 6.07) is 1.99. The number of aliphatic hydroxyl groups excluding tert-OH is 1. The maximum absolute atomic E-state index is 10.5. The molecule has 0 radical (unpaired) electrons. The van der Waals surface area contributed by atoms with E-state index in [2.05, 4.69) is 5.32 Å². The Balaban J connectivity index is 2.44. The lowest BCUT2D eigenvalue weighted by Crippen LogP contribution is -2.29. The second-order valence-corrected chi connectivity index (χ2v) is 5.27. The monoisotopic (exact) mass is 269 g/mol. The number of methoxy groups -OCH3 is 1. The van der Waals surface area contributed by atoms with Gasteiger partial charge in [0.25, 0.3) is 0 Å². The van der Waals surface area contributed by atoms with Gasteiger partial charge in [-0.05, 0) is 50.4 Å². The summed E-state index contributed by atoms with van der Waals surface area (Å²) in [6.07, 6.45) is 1.51. The van der Waals surface area contributed by atoms with Crippen LogP contribution in [0.25, 0.3) is 0 Å². The second kappa shape index (κ2) is 5.47. The normalized spacial score (nSPS) is 21.1. The Morgan fingerprint density at radius 2 is 2.22 bits per heavy atom. The summed E-state index contributed by atoms with van der Waals surface area (Å²) in [5.74, 6) is 0.718. The molecule has 2 N–H and O–H groups in total. The molecular formula is C14H20ClNO2. The van der Waals surface area contributed by atoms with Gasteiger partial charge in [0, 0.05) is 16.6 Å². The Hall–Kier alpha value is -0.770. The second-order valence-electron chi connectivity index (χ2n) is 4.90. The highest BCUT2D eigenvalue weighted by atomic mass is 35.5. The Bertz CT molecular complexity index is 442. The lowest BCUT2D eigenvalue weighted by atomic mass is 9.94. The van der Waals surface area contributed by atoms with E-state index in [1.807, 2.05) is 19.9 Å². The molecule has 0 bridgehead atoms. The van der Waals surface area contributed by atoms with Gasteiger partial charge in [-0.15, -0.1) is 0 Å². The molecule has 18 heavy (non-hydrogen) atoms. The van der Waals surface area contributed by atoms with Gasteiger partial charge in [-0.25, -0.2) is 0 Å². The lowest BCUT2D eigenvalue weighted by molar-refractivity contribution is 0.133. The van der Waals surface area contributed by atoms with E-state index in [4.69, 9.17) is 16.3 Å². The molecule has 3 nitrogen and oxygen atoms in total. The number of hydrogen-bond donors (Lipinski definition) is 2. The van der Waals surface area contributed by atoms with Crippen molar-refractivity contribution >= 4 is 11.6 Å². The van der Waals surface area contributed by atoms with Crippen molar-refractivity contribution in [3.63, 3.8) is 0 Å². The molecule has 0 amide bonds. The SMILES string of the molecule is COc1cc(C)c(Cl)c(C)c1C(O)C1CCCN1. The largest absolute Gasteiger partial charge is 0.496 e. The maximum atomic E-state index is 10.5. The Kier molecular flexibility index (Phi) is 4.15. The van der Waals surface area contributed by atoms with Crippen molar-refractivity contribution < 1.29 is 9.84 Å². The van der Waals surface area contributed by atoms with Gasteiger partial charge in [0.1, 0.15) is 5.75 Å². The van der Waals surface area contributed by atoms with Crippen LogP contribution in [0.1, 0.15) is 35.6 Å². The molecule has 0 aromatic heterocycles. The number of hydrogen-bond acceptors (Lipinski definition) is 3. The highest BCUT2D eigenvalue weighted by Crippen LogP contribution is 2.38. The molecule has 0 saturated carbocycles. The Morgan fingerprint density at radius 1 is 1.50 bits per heavy atom. The van der Waals surface area contributed by atoms with Crippen LogP contribution in [-0.4, -0.2) is 24.8 Å². The summed E-state index contributed by atoms with van der Waals surface area (Å²) < 4.78 is 5.40. The van der Waals surface area contributed by atoms with Gasteiger partial charge in [-0.3, -0.25) is 0 Å². The molecule has 1 saturated heterocycles. The van der Waals surface area contributed by atoms with Crippen LogP contribution in [-0.2, 0) is 0 Å². The van der Waals surface area contributed by atoms with E-state index in [-0.39, 0.29) is 6.04 Å². The molecule has 0 aliphatic carbocycles. The molecule has 1 heterocycles. The van der Waals surface area contributed by atoms with Crippen LogP contribution >= 0.6 is 11.6 Å². The summed E-state index contributed by atoms with van der Waals surface area (Å²) in [6.45, 7) is 4.84. The molecule has 1 aliphatic rings. The smallest absolute Gasteiger partial charge is 0.125 e. The van der Waals surface area contributed by atoms with Crippen molar-refractivity contribution in [2.24, 2.45) is 0 Å². The zero-order chi connectivity index (χ0) is 13.3.